The minimum absolute atomic E-state index is 0.0195. The fourth-order valence-corrected chi connectivity index (χ4v) is 16.3. The highest BCUT2D eigenvalue weighted by Crippen LogP contribution is 2.69. The lowest BCUT2D eigenvalue weighted by Crippen LogP contribution is -2.63. The van der Waals surface area contributed by atoms with E-state index in [1.54, 1.807) is 73.9 Å². The summed E-state index contributed by atoms with van der Waals surface area (Å²) in [6, 6.07) is 13.3. The number of aliphatic carboxylic acids is 1. The zero-order chi connectivity index (χ0) is 97.2. The van der Waals surface area contributed by atoms with Gasteiger partial charge in [-0.25, -0.2) is 4.79 Å². The van der Waals surface area contributed by atoms with Gasteiger partial charge in [0.2, 0.25) is 77.3 Å². The van der Waals surface area contributed by atoms with Crippen molar-refractivity contribution >= 4 is 140 Å². The number of aliphatic imine (C=N–C) groups is 1. The van der Waals surface area contributed by atoms with Crippen LogP contribution < -0.4 is 75.3 Å². The lowest BCUT2D eigenvalue weighted by Gasteiger charge is -2.38. The summed E-state index contributed by atoms with van der Waals surface area (Å²) in [4.78, 5) is 239. The smallest absolute Gasteiger partial charge is 0.369 e. The van der Waals surface area contributed by atoms with E-state index >= 15 is 0 Å². The number of primary amides is 1. The molecular formula is C85H131N17O27P2S. The highest BCUT2D eigenvalue weighted by molar-refractivity contribution is 7.99. The van der Waals surface area contributed by atoms with Crippen LogP contribution in [0.2, 0.25) is 0 Å². The number of unbranched alkanes of at least 4 members (excludes halogenated alkanes) is 2. The number of rotatable bonds is 69. The Bertz CT molecular complexity index is 4310. The number of thioether (sulfide) groups is 1. The van der Waals surface area contributed by atoms with E-state index in [0.29, 0.717) is 74.0 Å². The summed E-state index contributed by atoms with van der Waals surface area (Å²) >= 11 is 1.41. The molecule has 2 aromatic carbocycles. The van der Waals surface area contributed by atoms with Crippen LogP contribution in [0.3, 0.4) is 0 Å². The van der Waals surface area contributed by atoms with Crippen LogP contribution >= 0.6 is 27.0 Å². The van der Waals surface area contributed by atoms with E-state index in [1.165, 1.54) is 17.8 Å². The summed E-state index contributed by atoms with van der Waals surface area (Å²) in [6.07, 6.45) is 8.92. The number of para-hydroxylation sites is 1. The number of pyridine rings is 1. The minimum Gasteiger partial charge on any atom is -0.481 e. The number of anilines is 2. The average molecular weight is 1920 g/mol. The Balaban J connectivity index is 1.03. The molecule has 1 aromatic heterocycles. The number of nitrogens with one attached hydrogen (secondary N) is 12. The number of aryl methyl sites for hydroxylation is 1. The number of carbonyl (C=O) groups excluding carboxylic acids is 14. The van der Waals surface area contributed by atoms with Crippen LogP contribution in [0.25, 0.3) is 6.08 Å². The molecular weight excluding hydrogens is 1790 g/mol. The van der Waals surface area contributed by atoms with Gasteiger partial charge in [0, 0.05) is 145 Å². The Morgan fingerprint density at radius 1 is 0.583 bits per heavy atom. The molecule has 1 aliphatic carbocycles. The third-order valence-corrected chi connectivity index (χ3v) is 25.6. The van der Waals surface area contributed by atoms with Gasteiger partial charge < -0.3 is 124 Å². The number of nitrogens with two attached hydrogens (primary N) is 2. The Labute approximate surface area is 771 Å². The second kappa shape index (κ2) is 63.4. The maximum Gasteiger partial charge on any atom is 0.369 e. The molecule has 0 saturated heterocycles. The number of carboxylic acids is 1. The van der Waals surface area contributed by atoms with Gasteiger partial charge >= 0.3 is 27.2 Å². The number of urea groups is 1. The standard InChI is InChI=1S/C85H131N17O27P2S/c1-60-16-4-5-18-65(60)100-83(118)96-64-27-24-62(25-28-64)57-76(110)98-67(20-7-11-39-90-70(104)29-26-63-17-13-38-88-58-63)80(115)99-68(21-12-23-78(112)113)81(116)101-84(35-8-3-9-36-84)82(117)95-45-50-129-54-53-128-48-43-93-72(106)31-30-71(105)92-42-47-126-51-52-127-49-44-94-73(107)32-33-75(109)97-66(79(87)114)19-6-10-40-91-74(108)34-46-102(59-103)77(111)56-61(2)132-55-14-22-69(86)89-41-15-37-85(119,130(120,121)122)131(123,124)125/h4-5,13,16-18,24-29,38,58-59,61,66-68,119H,3,6-12,14-15,19-23,30-37,39-57H2,1-2H3,(H2,86,89)(H2,87,114)(H,90,104)(H,91,108)(H,92,105)(H,93,106)(H,94,107)(H,95,117)(H,97,109)(H,98,110)(H,99,115)(H,101,116)(H,112,113)(H2,96,100,118)(H2,120,121,122)(H2,123,124,125)/b29-26+/t61?,66-,67-,68-/m0/s1. The van der Waals surface area contributed by atoms with Gasteiger partial charge in [0.25, 0.3) is 5.08 Å². The van der Waals surface area contributed by atoms with Crippen molar-refractivity contribution in [1.82, 2.24) is 63.1 Å². The molecule has 3 aromatic rings. The molecule has 1 saturated carbocycles. The molecule has 4 rings (SSSR count). The average Bonchev–Trinajstić information content (AvgIpc) is 0.773. The second-order valence-corrected chi connectivity index (χ2v) is 36.7. The second-order valence-electron chi connectivity index (χ2n) is 31.2. The third kappa shape index (κ3) is 48.1. The molecule has 1 aliphatic rings. The van der Waals surface area contributed by atoms with Gasteiger partial charge in [-0.3, -0.25) is 91.1 Å². The first-order valence-corrected chi connectivity index (χ1v) is 48.2. The van der Waals surface area contributed by atoms with Gasteiger partial charge in [0.15, 0.2) is 0 Å². The number of imide groups is 1. The number of benzene rings is 2. The summed E-state index contributed by atoms with van der Waals surface area (Å²) in [6.45, 7) is 5.32. The number of aliphatic hydroxyl groups is 1. The normalized spacial score (nSPS) is 13.6. The van der Waals surface area contributed by atoms with Crippen LogP contribution in [0, 0.1) is 6.92 Å². The first-order valence-electron chi connectivity index (χ1n) is 43.9. The van der Waals surface area contributed by atoms with Crippen LogP contribution in [0.1, 0.15) is 178 Å². The first-order chi connectivity index (χ1) is 62.9. The van der Waals surface area contributed by atoms with Crippen molar-refractivity contribution in [2.75, 3.05) is 122 Å². The summed E-state index contributed by atoms with van der Waals surface area (Å²) < 4.78 is 45.2. The third-order valence-electron chi connectivity index (χ3n) is 20.4. The maximum atomic E-state index is 14.4. The number of carbonyl (C=O) groups is 15. The van der Waals surface area contributed by atoms with Gasteiger partial charge in [0.05, 0.1) is 65.1 Å². The SMILES string of the molecule is Cc1ccccc1NC(=O)Nc1ccc(CC(=O)N[C@@H](CCCCNC(=O)/C=C/c2cccnc2)C(=O)N[C@@H](CCCC(=O)O)C(=O)NC2(C(=O)NCCOCCOCCNC(=O)CCC(=O)NCCOCCOCCNC(=O)CCC(=O)N[C@@H](CCCCNC(=O)CCN(C=O)C(=O)CC(C)SCCCC(N)=NCCCC(O)(P(=O)(O)O)P(=O)(O)O)C(N)=O)CCCCC2)cc1. The number of ether oxygens (including phenoxy) is 4. The van der Waals surface area contributed by atoms with E-state index in [4.69, 9.17) is 30.4 Å². The molecule has 4 atom stereocenters. The van der Waals surface area contributed by atoms with Crippen molar-refractivity contribution < 1.29 is 130 Å². The van der Waals surface area contributed by atoms with E-state index in [-0.39, 0.29) is 237 Å². The topological polar surface area (TPSA) is 673 Å². The number of amides is 15. The molecule has 734 valence electrons. The predicted octanol–water partition coefficient (Wildman–Crippen LogP) is 1.77. The molecule has 44 nitrogen and oxygen atoms in total. The Morgan fingerprint density at radius 2 is 1.12 bits per heavy atom. The molecule has 0 aliphatic heterocycles. The molecule has 0 bridgehead atoms. The molecule has 22 N–H and O–H groups in total. The lowest BCUT2D eigenvalue weighted by molar-refractivity contribution is -0.139. The van der Waals surface area contributed by atoms with Crippen molar-refractivity contribution in [2.24, 2.45) is 16.5 Å². The molecule has 47 heteroatoms. The summed E-state index contributed by atoms with van der Waals surface area (Å²) in [5.74, 6) is -6.79. The number of amidine groups is 1. The van der Waals surface area contributed by atoms with Crippen LogP contribution in [-0.2, 0) is 102 Å². The predicted molar refractivity (Wildman–Crippen MR) is 488 cm³/mol. The molecule has 1 heterocycles. The number of hydrogen-bond acceptors (Lipinski definition) is 25. The molecule has 1 unspecified atom stereocenters. The Morgan fingerprint density at radius 3 is 1.68 bits per heavy atom. The zero-order valence-corrected chi connectivity index (χ0v) is 77.3. The fraction of sp³-hybridized carbons (Fsp3) is 0.588. The van der Waals surface area contributed by atoms with Crippen molar-refractivity contribution in [1.29, 1.82) is 0 Å². The highest BCUT2D eigenvalue weighted by Gasteiger charge is 2.58. The van der Waals surface area contributed by atoms with Gasteiger partial charge in [-0.1, -0.05) is 62.6 Å². The molecule has 0 spiro atoms. The van der Waals surface area contributed by atoms with E-state index in [2.05, 4.69) is 73.8 Å². The summed E-state index contributed by atoms with van der Waals surface area (Å²) in [5.41, 5.74) is 13.2. The molecule has 0 radical (unpaired) electrons. The van der Waals surface area contributed by atoms with Crippen LogP contribution in [0.5, 0.6) is 0 Å². The molecule has 1 fully saturated rings. The van der Waals surface area contributed by atoms with Crippen molar-refractivity contribution in [3.05, 3.63) is 95.8 Å². The Kier molecular flexibility index (Phi) is 54.6. The number of nitrogens with zero attached hydrogens (tertiary/aromatic N) is 3. The van der Waals surface area contributed by atoms with Crippen LogP contribution in [-0.4, -0.2) is 280 Å². The fourth-order valence-electron chi connectivity index (χ4n) is 13.1. The first kappa shape index (κ1) is 114. The van der Waals surface area contributed by atoms with E-state index < -0.39 is 116 Å². The van der Waals surface area contributed by atoms with Crippen LogP contribution in [0.15, 0.2) is 84.1 Å². The molecule has 132 heavy (non-hydrogen) atoms. The van der Waals surface area contributed by atoms with E-state index in [0.717, 1.165) is 22.4 Å². The van der Waals surface area contributed by atoms with E-state index in [1.807, 2.05) is 19.1 Å². The highest BCUT2D eigenvalue weighted by atomic mass is 32.2. The Hall–Kier alpha value is -10.7. The van der Waals surface area contributed by atoms with Crippen molar-refractivity contribution in [2.45, 2.75) is 208 Å². The number of hydrogen-bond donors (Lipinski definition) is 20. The minimum atomic E-state index is -5.58. The summed E-state index contributed by atoms with van der Waals surface area (Å²) in [7, 11) is -11.2. The quantitative estimate of drug-likeness (QED) is 0.00956. The van der Waals surface area contributed by atoms with Gasteiger partial charge in [0.1, 0.15) is 23.7 Å². The zero-order valence-electron chi connectivity index (χ0n) is 74.7. The lowest BCUT2D eigenvalue weighted by atomic mass is 9.80. The monoisotopic (exact) mass is 1920 g/mol. The van der Waals surface area contributed by atoms with Gasteiger partial charge in [-0.2, -0.15) is 11.8 Å². The number of aromatic nitrogens is 1. The summed E-state index contributed by atoms with van der Waals surface area (Å²) in [5, 5.41) is 48.6. The van der Waals surface area contributed by atoms with Crippen molar-refractivity contribution in [3.8, 4) is 0 Å². The number of carboxylic acid groups (broad SMARTS) is 1. The molecule has 15 amide bonds. The van der Waals surface area contributed by atoms with E-state index in [9.17, 15) is 111 Å². The van der Waals surface area contributed by atoms with Crippen LogP contribution in [0.4, 0.5) is 16.2 Å². The maximum absolute atomic E-state index is 14.4. The van der Waals surface area contributed by atoms with Gasteiger partial charge in [-0.05, 0) is 137 Å². The largest absolute Gasteiger partial charge is 0.481 e. The van der Waals surface area contributed by atoms with Gasteiger partial charge in [-0.15, -0.1) is 0 Å². The van der Waals surface area contributed by atoms with Crippen molar-refractivity contribution in [3.63, 3.8) is 0 Å².